The van der Waals surface area contributed by atoms with E-state index in [4.69, 9.17) is 10.5 Å². The lowest BCUT2D eigenvalue weighted by Crippen LogP contribution is -2.37. The van der Waals surface area contributed by atoms with Crippen LogP contribution in [-0.4, -0.2) is 41.6 Å². The van der Waals surface area contributed by atoms with Crippen LogP contribution in [-0.2, 0) is 16.1 Å². The van der Waals surface area contributed by atoms with E-state index in [9.17, 15) is 4.79 Å². The molecule has 1 aliphatic rings. The number of carbonyl (C=O) groups excluding carboxylic acids is 1. The van der Waals surface area contributed by atoms with E-state index in [0.717, 1.165) is 25.0 Å². The van der Waals surface area contributed by atoms with Gasteiger partial charge in [0.25, 0.3) is 0 Å². The molecular weight excluding hydrogens is 242 g/mol. The maximum absolute atomic E-state index is 12.1. The Morgan fingerprint density at radius 3 is 2.89 bits per heavy atom. The number of aromatic nitrogens is 1. The van der Waals surface area contributed by atoms with Crippen LogP contribution in [0.2, 0.25) is 0 Å². The van der Waals surface area contributed by atoms with Crippen molar-refractivity contribution in [3.63, 3.8) is 0 Å². The Morgan fingerprint density at radius 1 is 1.47 bits per heavy atom. The number of carbonyl (C=O) groups is 1. The number of nitrogens with two attached hydrogens (primary N) is 1. The normalized spacial score (nSPS) is 18.5. The van der Waals surface area contributed by atoms with Crippen LogP contribution in [0.15, 0.2) is 24.5 Å². The quantitative estimate of drug-likeness (QED) is 0.829. The van der Waals surface area contributed by atoms with Crippen molar-refractivity contribution in [2.24, 2.45) is 5.73 Å². The van der Waals surface area contributed by atoms with Gasteiger partial charge in [-0.25, -0.2) is 0 Å². The van der Waals surface area contributed by atoms with Gasteiger partial charge in [-0.15, -0.1) is 0 Å². The third-order valence-corrected chi connectivity index (χ3v) is 3.28. The highest BCUT2D eigenvalue weighted by atomic mass is 16.5. The first-order valence-electron chi connectivity index (χ1n) is 6.78. The summed E-state index contributed by atoms with van der Waals surface area (Å²) in [5.41, 5.74) is 6.56. The van der Waals surface area contributed by atoms with Crippen LogP contribution < -0.4 is 5.73 Å². The minimum Gasteiger partial charge on any atom is -0.376 e. The highest BCUT2D eigenvalue weighted by Gasteiger charge is 2.22. The van der Waals surface area contributed by atoms with Crippen LogP contribution in [0.25, 0.3) is 0 Å². The molecule has 1 aromatic heterocycles. The number of pyridine rings is 1. The third-order valence-electron chi connectivity index (χ3n) is 3.28. The van der Waals surface area contributed by atoms with E-state index in [1.54, 1.807) is 12.4 Å². The topological polar surface area (TPSA) is 68.5 Å². The van der Waals surface area contributed by atoms with Crippen molar-refractivity contribution >= 4 is 5.91 Å². The first kappa shape index (κ1) is 14.0. The number of nitrogens with zero attached hydrogens (tertiary/aromatic N) is 2. The van der Waals surface area contributed by atoms with Gasteiger partial charge in [-0.1, -0.05) is 0 Å². The predicted molar refractivity (Wildman–Crippen MR) is 72.3 cm³/mol. The molecule has 0 bridgehead atoms. The number of rotatable bonds is 6. The highest BCUT2D eigenvalue weighted by molar-refractivity contribution is 5.76. The van der Waals surface area contributed by atoms with Crippen molar-refractivity contribution in [2.45, 2.75) is 31.9 Å². The molecule has 1 unspecified atom stereocenters. The Hall–Kier alpha value is -1.46. The minimum atomic E-state index is 0.0924. The van der Waals surface area contributed by atoms with Crippen LogP contribution in [0, 0.1) is 0 Å². The number of hydrogen-bond acceptors (Lipinski definition) is 4. The molecule has 0 saturated carbocycles. The summed E-state index contributed by atoms with van der Waals surface area (Å²) in [6.45, 7) is 2.44. The molecule has 0 aromatic carbocycles. The molecule has 0 aliphatic carbocycles. The van der Waals surface area contributed by atoms with Crippen molar-refractivity contribution in [2.75, 3.05) is 19.7 Å². The standard InChI is InChI=1S/C14H21N3O2/c15-6-3-14(18)17(11-13-2-1-9-19-13)10-12-4-7-16-8-5-12/h4-5,7-8,13H,1-3,6,9-11,15H2. The zero-order valence-electron chi connectivity index (χ0n) is 11.1. The van der Waals surface area contributed by atoms with Gasteiger partial charge < -0.3 is 15.4 Å². The Morgan fingerprint density at radius 2 is 2.26 bits per heavy atom. The minimum absolute atomic E-state index is 0.0924. The molecule has 2 heterocycles. The largest absolute Gasteiger partial charge is 0.376 e. The van der Waals surface area contributed by atoms with Crippen LogP contribution in [0.4, 0.5) is 0 Å². The zero-order valence-corrected chi connectivity index (χ0v) is 11.1. The average Bonchev–Trinajstić information content (AvgIpc) is 2.92. The Bertz CT molecular complexity index is 391. The van der Waals surface area contributed by atoms with E-state index in [-0.39, 0.29) is 12.0 Å². The second-order valence-electron chi connectivity index (χ2n) is 4.80. The fraction of sp³-hybridized carbons (Fsp3) is 0.571. The van der Waals surface area contributed by atoms with Crippen molar-refractivity contribution in [3.05, 3.63) is 30.1 Å². The molecule has 19 heavy (non-hydrogen) atoms. The molecule has 1 fully saturated rings. The van der Waals surface area contributed by atoms with Gasteiger partial charge >= 0.3 is 0 Å². The molecule has 0 radical (unpaired) electrons. The lowest BCUT2D eigenvalue weighted by atomic mass is 10.2. The van der Waals surface area contributed by atoms with Gasteiger partial charge in [0.05, 0.1) is 6.10 Å². The first-order valence-corrected chi connectivity index (χ1v) is 6.78. The van der Waals surface area contributed by atoms with Gasteiger partial charge in [0.1, 0.15) is 0 Å². The molecule has 104 valence electrons. The van der Waals surface area contributed by atoms with Gasteiger partial charge in [-0.3, -0.25) is 9.78 Å². The molecule has 2 rings (SSSR count). The van der Waals surface area contributed by atoms with Crippen molar-refractivity contribution in [3.8, 4) is 0 Å². The maximum Gasteiger partial charge on any atom is 0.224 e. The monoisotopic (exact) mass is 263 g/mol. The molecule has 2 N–H and O–H groups in total. The molecule has 0 spiro atoms. The Kier molecular flexibility index (Phi) is 5.30. The molecule has 1 saturated heterocycles. The first-order chi connectivity index (χ1) is 9.29. The molecule has 1 aliphatic heterocycles. The molecular formula is C14H21N3O2. The van der Waals surface area contributed by atoms with Crippen LogP contribution in [0.5, 0.6) is 0 Å². The Labute approximate surface area is 113 Å². The fourth-order valence-electron chi connectivity index (χ4n) is 2.28. The van der Waals surface area contributed by atoms with Gasteiger partial charge in [0, 0.05) is 45.1 Å². The summed E-state index contributed by atoms with van der Waals surface area (Å²) >= 11 is 0. The van der Waals surface area contributed by atoms with Crippen LogP contribution in [0.1, 0.15) is 24.8 Å². The number of hydrogen-bond donors (Lipinski definition) is 1. The summed E-state index contributed by atoms with van der Waals surface area (Å²) < 4.78 is 5.61. The van der Waals surface area contributed by atoms with E-state index in [1.807, 2.05) is 17.0 Å². The number of ether oxygens (including phenoxy) is 1. The molecule has 1 atom stereocenters. The predicted octanol–water partition coefficient (Wildman–Crippen LogP) is 0.938. The van der Waals surface area contributed by atoms with Crippen LogP contribution in [0.3, 0.4) is 0 Å². The molecule has 5 nitrogen and oxygen atoms in total. The van der Waals surface area contributed by atoms with Crippen LogP contribution >= 0.6 is 0 Å². The SMILES string of the molecule is NCCC(=O)N(Cc1ccncc1)CC1CCCO1. The van der Waals surface area contributed by atoms with E-state index in [0.29, 0.717) is 26.1 Å². The molecule has 1 aromatic rings. The summed E-state index contributed by atoms with van der Waals surface area (Å²) in [5.74, 6) is 0.0924. The molecule has 1 amide bonds. The summed E-state index contributed by atoms with van der Waals surface area (Å²) in [6, 6.07) is 3.86. The smallest absolute Gasteiger partial charge is 0.224 e. The van der Waals surface area contributed by atoms with E-state index in [1.165, 1.54) is 0 Å². The summed E-state index contributed by atoms with van der Waals surface area (Å²) in [4.78, 5) is 17.9. The second kappa shape index (κ2) is 7.21. The third kappa shape index (κ3) is 4.29. The van der Waals surface area contributed by atoms with Gasteiger partial charge in [0.2, 0.25) is 5.91 Å². The van der Waals surface area contributed by atoms with Gasteiger partial charge in [0.15, 0.2) is 0 Å². The van der Waals surface area contributed by atoms with E-state index < -0.39 is 0 Å². The lowest BCUT2D eigenvalue weighted by molar-refractivity contribution is -0.133. The summed E-state index contributed by atoms with van der Waals surface area (Å²) in [5, 5.41) is 0. The maximum atomic E-state index is 12.1. The second-order valence-corrected chi connectivity index (χ2v) is 4.80. The summed E-state index contributed by atoms with van der Waals surface area (Å²) in [7, 11) is 0. The zero-order chi connectivity index (χ0) is 13.5. The van der Waals surface area contributed by atoms with Crippen molar-refractivity contribution < 1.29 is 9.53 Å². The summed E-state index contributed by atoms with van der Waals surface area (Å²) in [6.07, 6.45) is 6.16. The lowest BCUT2D eigenvalue weighted by Gasteiger charge is -2.25. The van der Waals surface area contributed by atoms with Crippen molar-refractivity contribution in [1.29, 1.82) is 0 Å². The van der Waals surface area contributed by atoms with E-state index in [2.05, 4.69) is 4.98 Å². The van der Waals surface area contributed by atoms with E-state index >= 15 is 0 Å². The highest BCUT2D eigenvalue weighted by Crippen LogP contribution is 2.15. The fourth-order valence-corrected chi connectivity index (χ4v) is 2.28. The number of amides is 1. The van der Waals surface area contributed by atoms with Gasteiger partial charge in [-0.05, 0) is 30.5 Å². The Balaban J connectivity index is 1.98. The van der Waals surface area contributed by atoms with Crippen molar-refractivity contribution in [1.82, 2.24) is 9.88 Å². The average molecular weight is 263 g/mol. The molecule has 5 heteroatoms. The van der Waals surface area contributed by atoms with Gasteiger partial charge in [-0.2, -0.15) is 0 Å².